The molecule has 2 heterocycles. The maximum Gasteiger partial charge on any atom is 0.237 e. The predicted octanol–water partition coefficient (Wildman–Crippen LogP) is 5.16. The van der Waals surface area contributed by atoms with E-state index in [2.05, 4.69) is 5.16 Å². The Balaban J connectivity index is 1.16. The Morgan fingerprint density at radius 1 is 1.04 bits per heavy atom. The largest absolute Gasteiger partial charge is 0.490 e. The molecule has 8 nitrogen and oxygen atoms in total. The van der Waals surface area contributed by atoms with E-state index >= 15 is 0 Å². The number of halogens is 2. The smallest absolute Gasteiger partial charge is 0.237 e. The molecule has 3 aromatic carbocycles. The third-order valence-electron chi connectivity index (χ3n) is 8.00. The van der Waals surface area contributed by atoms with Crippen molar-refractivity contribution in [1.29, 1.82) is 0 Å². The van der Waals surface area contributed by atoms with Crippen molar-refractivity contribution >= 4 is 18.1 Å². The number of methoxy groups -OCH3 is 1. The van der Waals surface area contributed by atoms with Gasteiger partial charge in [-0.3, -0.25) is 4.79 Å². The lowest BCUT2D eigenvalue weighted by molar-refractivity contribution is -0.131. The third kappa shape index (κ3) is 7.65. The van der Waals surface area contributed by atoms with E-state index in [1.165, 1.54) is 24.3 Å². The summed E-state index contributed by atoms with van der Waals surface area (Å²) in [6.45, 7) is 2.24. The molecule has 1 saturated heterocycles. The van der Waals surface area contributed by atoms with E-state index < -0.39 is 11.5 Å². The molecule has 0 bridgehead atoms. The van der Waals surface area contributed by atoms with E-state index in [0.717, 1.165) is 5.56 Å². The monoisotopic (exact) mass is 617 g/mol. The Bertz CT molecular complexity index is 1540. The number of carbonyl (C=O) groups excluding carboxylic acids is 1. The highest BCUT2D eigenvalue weighted by Gasteiger charge is 2.49. The van der Waals surface area contributed by atoms with Gasteiger partial charge in [-0.2, -0.15) is 0 Å². The standard InChI is InChI=1S/C35H37F2N3O5/c1-39(22-31(41)24-44-33-6-4-3-5-25(33)7-16-32-21-30(23-43-2)38-45-32)19-20-40-18-17-35(34(40)42,26-8-12-28(36)13-9-26)27-10-14-29(37)15-11-27/h3-16,21,31,41H,17-20,22-24H2,1-2H3. The molecule has 0 radical (unpaired) electrons. The molecular formula is C35H37F2N3O5. The van der Waals surface area contributed by atoms with Gasteiger partial charge < -0.3 is 28.9 Å². The molecule has 1 aromatic heterocycles. The number of nitrogens with zero attached hydrogens (tertiary/aromatic N) is 3. The summed E-state index contributed by atoms with van der Waals surface area (Å²) in [7, 11) is 3.47. The number of hydrogen-bond donors (Lipinski definition) is 1. The highest BCUT2D eigenvalue weighted by molar-refractivity contribution is 5.94. The van der Waals surface area contributed by atoms with Gasteiger partial charge in [0.25, 0.3) is 0 Å². The first-order chi connectivity index (χ1) is 21.8. The van der Waals surface area contributed by atoms with Gasteiger partial charge in [0.05, 0.1) is 6.61 Å². The van der Waals surface area contributed by atoms with Crippen LogP contribution in [0.25, 0.3) is 12.2 Å². The molecule has 1 atom stereocenters. The van der Waals surface area contributed by atoms with Crippen LogP contribution in [0.2, 0.25) is 0 Å². The van der Waals surface area contributed by atoms with Crippen molar-refractivity contribution in [1.82, 2.24) is 15.0 Å². The summed E-state index contributed by atoms with van der Waals surface area (Å²) >= 11 is 0. The van der Waals surface area contributed by atoms with Crippen LogP contribution in [0, 0.1) is 11.6 Å². The van der Waals surface area contributed by atoms with Crippen molar-refractivity contribution in [2.75, 3.05) is 46.9 Å². The molecule has 0 aliphatic carbocycles. The van der Waals surface area contributed by atoms with E-state index in [4.69, 9.17) is 14.0 Å². The Kier molecular flexibility index (Phi) is 10.4. The van der Waals surface area contributed by atoms with Crippen molar-refractivity contribution in [3.63, 3.8) is 0 Å². The van der Waals surface area contributed by atoms with Gasteiger partial charge in [0.15, 0.2) is 5.76 Å². The number of rotatable bonds is 14. The number of aromatic nitrogens is 1. The summed E-state index contributed by atoms with van der Waals surface area (Å²) < 4.78 is 43.8. The topological polar surface area (TPSA) is 88.3 Å². The van der Waals surface area contributed by atoms with Crippen molar-refractivity contribution in [3.8, 4) is 5.75 Å². The minimum Gasteiger partial charge on any atom is -0.490 e. The van der Waals surface area contributed by atoms with Crippen LogP contribution in [0.4, 0.5) is 8.78 Å². The lowest BCUT2D eigenvalue weighted by Crippen LogP contribution is -2.42. The number of benzene rings is 3. The molecule has 0 saturated carbocycles. The molecule has 1 aliphatic heterocycles. The number of para-hydroxylation sites is 1. The summed E-state index contributed by atoms with van der Waals surface area (Å²) in [5.74, 6) is 0.323. The first kappa shape index (κ1) is 32.0. The van der Waals surface area contributed by atoms with Gasteiger partial charge >= 0.3 is 0 Å². The van der Waals surface area contributed by atoms with Gasteiger partial charge in [0, 0.05) is 44.9 Å². The molecule has 1 aliphatic rings. The first-order valence-electron chi connectivity index (χ1n) is 14.8. The number of hydrogen-bond acceptors (Lipinski definition) is 7. The molecule has 1 fully saturated rings. The molecular weight excluding hydrogens is 580 g/mol. The zero-order valence-corrected chi connectivity index (χ0v) is 25.4. The second-order valence-electron chi connectivity index (χ2n) is 11.2. The lowest BCUT2D eigenvalue weighted by atomic mass is 9.73. The van der Waals surface area contributed by atoms with Crippen LogP contribution in [0.3, 0.4) is 0 Å². The highest BCUT2D eigenvalue weighted by Crippen LogP contribution is 2.42. The zero-order chi connectivity index (χ0) is 31.8. The summed E-state index contributed by atoms with van der Waals surface area (Å²) in [5, 5.41) is 14.7. The van der Waals surface area contributed by atoms with Crippen LogP contribution in [0.15, 0.2) is 83.4 Å². The fourth-order valence-corrected chi connectivity index (χ4v) is 5.69. The molecule has 1 unspecified atom stereocenters. The van der Waals surface area contributed by atoms with E-state index in [1.807, 2.05) is 42.3 Å². The quantitative estimate of drug-likeness (QED) is 0.209. The number of aliphatic hydroxyl groups is 1. The van der Waals surface area contributed by atoms with E-state index in [9.17, 15) is 18.7 Å². The van der Waals surface area contributed by atoms with Crippen molar-refractivity contribution < 1.29 is 32.7 Å². The highest BCUT2D eigenvalue weighted by atomic mass is 19.1. The second kappa shape index (κ2) is 14.6. The molecule has 4 aromatic rings. The number of amides is 1. The first-order valence-corrected chi connectivity index (χ1v) is 14.8. The molecule has 1 amide bonds. The SMILES string of the molecule is COCc1cc(C=Cc2ccccc2OCC(O)CN(C)CCN2CCC(c3ccc(F)cc3)(c3ccc(F)cc3)C2=O)on1. The minimum atomic E-state index is -1.02. The molecule has 236 valence electrons. The molecule has 0 spiro atoms. The average molecular weight is 618 g/mol. The fourth-order valence-electron chi connectivity index (χ4n) is 5.69. The molecule has 5 rings (SSSR count). The number of aliphatic hydroxyl groups excluding tert-OH is 1. The maximum absolute atomic E-state index is 13.9. The van der Waals surface area contributed by atoms with Gasteiger partial charge in [-0.15, -0.1) is 0 Å². The van der Waals surface area contributed by atoms with E-state index in [-0.39, 0.29) is 24.1 Å². The number of likely N-dealkylation sites (tertiary alicyclic amines) is 1. The van der Waals surface area contributed by atoms with Crippen LogP contribution in [0.1, 0.15) is 34.6 Å². The number of carbonyl (C=O) groups is 1. The molecule has 1 N–H and O–H groups in total. The average Bonchev–Trinajstić information content (AvgIpc) is 3.63. The molecule has 10 heteroatoms. The van der Waals surface area contributed by atoms with Crippen LogP contribution in [-0.2, 0) is 21.6 Å². The minimum absolute atomic E-state index is 0.0797. The zero-order valence-electron chi connectivity index (χ0n) is 25.4. The van der Waals surface area contributed by atoms with Gasteiger partial charge in [-0.05, 0) is 67.1 Å². The lowest BCUT2D eigenvalue weighted by Gasteiger charge is -2.30. The van der Waals surface area contributed by atoms with Gasteiger partial charge in [0.2, 0.25) is 5.91 Å². The summed E-state index contributed by atoms with van der Waals surface area (Å²) in [6, 6.07) is 21.2. The second-order valence-corrected chi connectivity index (χ2v) is 11.2. The van der Waals surface area contributed by atoms with Crippen molar-refractivity contribution in [2.45, 2.75) is 24.5 Å². The maximum atomic E-state index is 13.9. The van der Waals surface area contributed by atoms with Gasteiger partial charge in [0.1, 0.15) is 41.2 Å². The number of ether oxygens (including phenoxy) is 2. The Labute approximate surface area is 261 Å². The van der Waals surface area contributed by atoms with Crippen LogP contribution >= 0.6 is 0 Å². The van der Waals surface area contributed by atoms with E-state index in [1.54, 1.807) is 48.4 Å². The molecule has 45 heavy (non-hydrogen) atoms. The third-order valence-corrected chi connectivity index (χ3v) is 8.00. The summed E-state index contributed by atoms with van der Waals surface area (Å²) in [5.41, 5.74) is 1.85. The van der Waals surface area contributed by atoms with Gasteiger partial charge in [-0.25, -0.2) is 8.78 Å². The van der Waals surface area contributed by atoms with Crippen LogP contribution in [0.5, 0.6) is 5.75 Å². The van der Waals surface area contributed by atoms with Crippen LogP contribution in [-0.4, -0.2) is 79.0 Å². The van der Waals surface area contributed by atoms with Gasteiger partial charge in [-0.1, -0.05) is 47.6 Å². The summed E-state index contributed by atoms with van der Waals surface area (Å²) in [4.78, 5) is 17.7. The predicted molar refractivity (Wildman–Crippen MR) is 166 cm³/mol. The fraction of sp³-hybridized carbons (Fsp3) is 0.314. The Morgan fingerprint density at radius 3 is 2.38 bits per heavy atom. The number of likely N-dealkylation sites (N-methyl/N-ethyl adjacent to an activating group) is 1. The van der Waals surface area contributed by atoms with Crippen molar-refractivity contribution in [2.24, 2.45) is 0 Å². The van der Waals surface area contributed by atoms with E-state index in [0.29, 0.717) is 67.5 Å². The van der Waals surface area contributed by atoms with Crippen molar-refractivity contribution in [3.05, 3.63) is 119 Å². The summed E-state index contributed by atoms with van der Waals surface area (Å²) in [6.07, 6.45) is 3.36. The Hall–Kier alpha value is -4.38. The normalized spacial score (nSPS) is 15.3. The Morgan fingerprint density at radius 2 is 1.71 bits per heavy atom. The van der Waals surface area contributed by atoms with Crippen LogP contribution < -0.4 is 4.74 Å².